The molecule has 1 N–H and O–H groups in total. The van der Waals surface area contributed by atoms with Crippen molar-refractivity contribution < 1.29 is 28.0 Å². The Balaban J connectivity index is 2.04. The van der Waals surface area contributed by atoms with Crippen LogP contribution in [0, 0.1) is 17.6 Å². The van der Waals surface area contributed by atoms with Gasteiger partial charge in [0.05, 0.1) is 5.71 Å². The number of carbonyl (C=O) groups excluding carboxylic acids is 3. The number of nitrogens with one attached hydrogen (secondary N) is 1. The van der Waals surface area contributed by atoms with Crippen molar-refractivity contribution in [3.63, 3.8) is 0 Å². The van der Waals surface area contributed by atoms with Crippen LogP contribution in [0.15, 0.2) is 23.4 Å². The summed E-state index contributed by atoms with van der Waals surface area (Å²) in [5.74, 6) is -3.58. The zero-order valence-corrected chi connectivity index (χ0v) is 17.6. The third kappa shape index (κ3) is 6.08. The smallest absolute Gasteiger partial charge is 0.342 e. The van der Waals surface area contributed by atoms with E-state index in [0.29, 0.717) is 12.1 Å². The Kier molecular flexibility index (Phi) is 8.02. The molecule has 9 heteroatoms. The number of hydrogen-bond donors (Lipinski definition) is 1. The van der Waals surface area contributed by atoms with Crippen LogP contribution in [-0.4, -0.2) is 40.5 Å². The Hall–Kier alpha value is -2.84. The van der Waals surface area contributed by atoms with Gasteiger partial charge in [-0.05, 0) is 32.3 Å². The van der Waals surface area contributed by atoms with Crippen LogP contribution in [0.1, 0.15) is 52.5 Å². The number of benzene rings is 1. The van der Waals surface area contributed by atoms with E-state index in [2.05, 4.69) is 10.5 Å². The van der Waals surface area contributed by atoms with Crippen LogP contribution in [-0.2, 0) is 25.8 Å². The van der Waals surface area contributed by atoms with Crippen molar-refractivity contribution in [2.75, 3.05) is 0 Å². The molecule has 1 fully saturated rings. The van der Waals surface area contributed by atoms with Crippen LogP contribution in [0.2, 0.25) is 0 Å². The van der Waals surface area contributed by atoms with Gasteiger partial charge in [0.15, 0.2) is 11.6 Å². The summed E-state index contributed by atoms with van der Waals surface area (Å²) in [5, 5.41) is 6.25. The SMILES string of the molecule is CC(C)=NOC(=O)[C@@H](NC(=O)C[C@@H]1CCC(=O)N1Cc1cccc(F)c1F)C(C)C. The van der Waals surface area contributed by atoms with Crippen LogP contribution in [0.5, 0.6) is 0 Å². The number of oxime groups is 1. The Bertz CT molecular complexity index is 838. The minimum Gasteiger partial charge on any atom is -0.342 e. The van der Waals surface area contributed by atoms with Crippen molar-refractivity contribution in [2.45, 2.75) is 65.6 Å². The highest BCUT2D eigenvalue weighted by molar-refractivity contribution is 5.87. The highest BCUT2D eigenvalue weighted by Crippen LogP contribution is 2.25. The molecule has 164 valence electrons. The molecule has 1 aromatic carbocycles. The molecule has 30 heavy (non-hydrogen) atoms. The Labute approximate surface area is 174 Å². The largest absolute Gasteiger partial charge is 0.357 e. The van der Waals surface area contributed by atoms with E-state index < -0.39 is 35.6 Å². The van der Waals surface area contributed by atoms with Crippen LogP contribution in [0.4, 0.5) is 8.78 Å². The molecule has 0 spiro atoms. The molecule has 0 aliphatic carbocycles. The molecule has 0 saturated carbocycles. The Morgan fingerprint density at radius 3 is 2.63 bits per heavy atom. The van der Waals surface area contributed by atoms with Crippen LogP contribution >= 0.6 is 0 Å². The number of nitrogens with zero attached hydrogens (tertiary/aromatic N) is 2. The van der Waals surface area contributed by atoms with Crippen molar-refractivity contribution in [1.82, 2.24) is 10.2 Å². The first-order valence-electron chi connectivity index (χ1n) is 9.84. The van der Waals surface area contributed by atoms with Crippen molar-refractivity contribution in [2.24, 2.45) is 11.1 Å². The lowest BCUT2D eigenvalue weighted by molar-refractivity contribution is -0.149. The van der Waals surface area contributed by atoms with E-state index in [1.54, 1.807) is 27.7 Å². The molecule has 2 atom stereocenters. The monoisotopic (exact) mass is 423 g/mol. The molecule has 0 radical (unpaired) electrons. The van der Waals surface area contributed by atoms with Gasteiger partial charge in [0.2, 0.25) is 11.8 Å². The fraction of sp³-hybridized carbons (Fsp3) is 0.524. The Morgan fingerprint density at radius 1 is 1.30 bits per heavy atom. The lowest BCUT2D eigenvalue weighted by atomic mass is 10.0. The molecule has 0 aromatic heterocycles. The molecule has 7 nitrogen and oxygen atoms in total. The van der Waals surface area contributed by atoms with E-state index >= 15 is 0 Å². The molecule has 1 saturated heterocycles. The van der Waals surface area contributed by atoms with Gasteiger partial charge in [0.1, 0.15) is 6.04 Å². The second-order valence-corrected chi connectivity index (χ2v) is 7.87. The first-order chi connectivity index (χ1) is 14.1. The maximum Gasteiger partial charge on any atom is 0.357 e. The van der Waals surface area contributed by atoms with E-state index in [0.717, 1.165) is 6.07 Å². The van der Waals surface area contributed by atoms with Crippen LogP contribution < -0.4 is 5.32 Å². The maximum absolute atomic E-state index is 14.0. The van der Waals surface area contributed by atoms with E-state index in [-0.39, 0.29) is 36.8 Å². The molecule has 0 unspecified atom stereocenters. The lowest BCUT2D eigenvalue weighted by Crippen LogP contribution is -2.47. The van der Waals surface area contributed by atoms with E-state index in [1.165, 1.54) is 17.0 Å². The second kappa shape index (κ2) is 10.3. The van der Waals surface area contributed by atoms with Crippen molar-refractivity contribution in [1.29, 1.82) is 0 Å². The molecule has 0 bridgehead atoms. The van der Waals surface area contributed by atoms with E-state index in [9.17, 15) is 23.2 Å². The van der Waals surface area contributed by atoms with Gasteiger partial charge in [-0.15, -0.1) is 0 Å². The predicted octanol–water partition coefficient (Wildman–Crippen LogP) is 2.93. The lowest BCUT2D eigenvalue weighted by Gasteiger charge is -2.26. The van der Waals surface area contributed by atoms with Gasteiger partial charge >= 0.3 is 5.97 Å². The molecular formula is C21H27F2N3O4. The fourth-order valence-electron chi connectivity index (χ4n) is 3.21. The number of rotatable bonds is 8. The molecule has 2 rings (SSSR count). The summed E-state index contributed by atoms with van der Waals surface area (Å²) in [4.78, 5) is 43.2. The zero-order chi connectivity index (χ0) is 22.4. The van der Waals surface area contributed by atoms with Crippen molar-refractivity contribution >= 4 is 23.5 Å². The molecule has 2 amide bonds. The van der Waals surface area contributed by atoms with Gasteiger partial charge in [0, 0.05) is 31.0 Å². The maximum atomic E-state index is 14.0. The topological polar surface area (TPSA) is 88.1 Å². The highest BCUT2D eigenvalue weighted by Gasteiger charge is 2.34. The van der Waals surface area contributed by atoms with Gasteiger partial charge in [-0.2, -0.15) is 0 Å². The third-order valence-corrected chi connectivity index (χ3v) is 4.80. The van der Waals surface area contributed by atoms with Gasteiger partial charge in [-0.25, -0.2) is 13.6 Å². The number of carbonyl (C=O) groups is 3. The summed E-state index contributed by atoms with van der Waals surface area (Å²) in [5.41, 5.74) is 0.606. The van der Waals surface area contributed by atoms with Crippen LogP contribution in [0.3, 0.4) is 0 Å². The van der Waals surface area contributed by atoms with Gasteiger partial charge in [-0.3, -0.25) is 9.59 Å². The number of likely N-dealkylation sites (tertiary alicyclic amines) is 1. The van der Waals surface area contributed by atoms with Gasteiger partial charge in [0.25, 0.3) is 0 Å². The normalized spacial score (nSPS) is 17.1. The standard InChI is InChI=1S/C21H27F2N3O4/c1-12(2)20(21(29)30-25-13(3)4)24-17(27)10-15-8-9-18(28)26(15)11-14-6-5-7-16(22)19(14)23/h5-7,12,15,20H,8-11H2,1-4H3,(H,24,27)/t15-,20-/m0/s1. The van der Waals surface area contributed by atoms with Crippen molar-refractivity contribution in [3.8, 4) is 0 Å². The average molecular weight is 423 g/mol. The van der Waals surface area contributed by atoms with Crippen molar-refractivity contribution in [3.05, 3.63) is 35.4 Å². The summed E-state index contributed by atoms with van der Waals surface area (Å²) >= 11 is 0. The minimum absolute atomic E-state index is 0.0482. The molecule has 1 aliphatic heterocycles. The molecule has 1 aliphatic rings. The molecule has 1 aromatic rings. The summed E-state index contributed by atoms with van der Waals surface area (Å²) in [6.07, 6.45) is 0.573. The summed E-state index contributed by atoms with van der Waals surface area (Å²) in [6.45, 7) is 6.73. The van der Waals surface area contributed by atoms with E-state index in [4.69, 9.17) is 4.84 Å². The number of amides is 2. The summed E-state index contributed by atoms with van der Waals surface area (Å²) in [6, 6.07) is 2.41. The first kappa shape index (κ1) is 23.4. The third-order valence-electron chi connectivity index (χ3n) is 4.80. The fourth-order valence-corrected chi connectivity index (χ4v) is 3.21. The predicted molar refractivity (Wildman–Crippen MR) is 106 cm³/mol. The van der Waals surface area contributed by atoms with E-state index in [1.807, 2.05) is 0 Å². The van der Waals surface area contributed by atoms with Gasteiger partial charge < -0.3 is 15.1 Å². The number of hydrogen-bond acceptors (Lipinski definition) is 5. The average Bonchev–Trinajstić information content (AvgIpc) is 3.00. The summed E-state index contributed by atoms with van der Waals surface area (Å²) < 4.78 is 27.5. The highest BCUT2D eigenvalue weighted by atomic mass is 19.2. The number of halogens is 2. The summed E-state index contributed by atoms with van der Waals surface area (Å²) in [7, 11) is 0. The van der Waals surface area contributed by atoms with Gasteiger partial charge in [-0.1, -0.05) is 31.1 Å². The molecular weight excluding hydrogens is 396 g/mol. The minimum atomic E-state index is -1.00. The second-order valence-electron chi connectivity index (χ2n) is 7.87. The Morgan fingerprint density at radius 2 is 2.00 bits per heavy atom. The van der Waals surface area contributed by atoms with Crippen LogP contribution in [0.25, 0.3) is 0 Å². The zero-order valence-electron chi connectivity index (χ0n) is 17.6. The first-order valence-corrected chi connectivity index (χ1v) is 9.84. The quantitative estimate of drug-likeness (QED) is 0.396. The molecule has 1 heterocycles.